The molecule has 1 aliphatic heterocycles. The number of imide groups is 1. The number of rotatable bonds is 5. The van der Waals surface area contributed by atoms with Crippen molar-refractivity contribution in [3.63, 3.8) is 0 Å². The summed E-state index contributed by atoms with van der Waals surface area (Å²) in [6, 6.07) is 9.75. The summed E-state index contributed by atoms with van der Waals surface area (Å²) >= 11 is 12.4. The van der Waals surface area contributed by atoms with Crippen molar-refractivity contribution in [2.24, 2.45) is 5.41 Å². The van der Waals surface area contributed by atoms with Crippen molar-refractivity contribution in [2.75, 3.05) is 18.6 Å². The summed E-state index contributed by atoms with van der Waals surface area (Å²) in [4.78, 5) is 39.3. The minimum absolute atomic E-state index is 0.0294. The van der Waals surface area contributed by atoms with E-state index in [4.69, 9.17) is 37.4 Å². The molecule has 0 spiro atoms. The lowest BCUT2D eigenvalue weighted by atomic mass is 9.95. The maximum atomic E-state index is 13.4. The minimum atomic E-state index is -0.904. The maximum Gasteiger partial charge on any atom is 0.422 e. The van der Waals surface area contributed by atoms with Crippen molar-refractivity contribution in [1.29, 1.82) is 0 Å². The molecule has 1 heterocycles. The molecule has 3 rings (SSSR count). The summed E-state index contributed by atoms with van der Waals surface area (Å²) < 4.78 is 16.2. The van der Waals surface area contributed by atoms with Gasteiger partial charge in [-0.1, -0.05) is 29.3 Å². The molecule has 0 radical (unpaired) electrons. The van der Waals surface area contributed by atoms with Crippen LogP contribution >= 0.6 is 23.2 Å². The average Bonchev–Trinajstić information content (AvgIpc) is 3.01. The third-order valence-electron chi connectivity index (χ3n) is 5.10. The van der Waals surface area contributed by atoms with E-state index < -0.39 is 29.0 Å². The fraction of sp³-hybridized carbons (Fsp3) is 0.346. The SMILES string of the molecule is COC(=O)C(C)(C)COc1ccc(Cl)cc1C=C1C(=O)N(C(=O)OC(C)(C)C)c2cc(Cl)ccc21. The number of hydrogen-bond donors (Lipinski definition) is 0. The van der Waals surface area contributed by atoms with Crippen LogP contribution < -0.4 is 9.64 Å². The molecule has 0 unspecified atom stereocenters. The zero-order valence-corrected chi connectivity index (χ0v) is 21.9. The molecule has 186 valence electrons. The second-order valence-electron chi connectivity index (χ2n) is 9.69. The van der Waals surface area contributed by atoms with Crippen LogP contribution in [0.4, 0.5) is 10.5 Å². The molecule has 0 saturated carbocycles. The van der Waals surface area contributed by atoms with Crippen LogP contribution in [0.15, 0.2) is 36.4 Å². The number of ether oxygens (including phenoxy) is 3. The van der Waals surface area contributed by atoms with E-state index >= 15 is 0 Å². The summed E-state index contributed by atoms with van der Waals surface area (Å²) in [6.07, 6.45) is 0.781. The first-order valence-electron chi connectivity index (χ1n) is 10.8. The number of carbonyl (C=O) groups excluding carboxylic acids is 3. The number of fused-ring (bicyclic) bond motifs is 1. The molecule has 9 heteroatoms. The molecule has 0 saturated heterocycles. The van der Waals surface area contributed by atoms with Crippen LogP contribution in [0.2, 0.25) is 10.0 Å². The predicted octanol–water partition coefficient (Wildman–Crippen LogP) is 6.39. The van der Waals surface area contributed by atoms with Crippen LogP contribution in [0.3, 0.4) is 0 Å². The van der Waals surface area contributed by atoms with Gasteiger partial charge in [-0.05, 0) is 71.0 Å². The number of methoxy groups -OCH3 is 1. The third-order valence-corrected chi connectivity index (χ3v) is 5.57. The van der Waals surface area contributed by atoms with Crippen molar-refractivity contribution in [3.05, 3.63) is 57.6 Å². The van der Waals surface area contributed by atoms with Crippen molar-refractivity contribution < 1.29 is 28.6 Å². The average molecular weight is 520 g/mol. The molecule has 1 aliphatic rings. The summed E-state index contributed by atoms with van der Waals surface area (Å²) in [5.74, 6) is -0.591. The highest BCUT2D eigenvalue weighted by atomic mass is 35.5. The number of nitrogens with zero attached hydrogens (tertiary/aromatic N) is 1. The van der Waals surface area contributed by atoms with E-state index in [0.29, 0.717) is 32.6 Å². The van der Waals surface area contributed by atoms with Crippen LogP contribution in [0.25, 0.3) is 11.6 Å². The zero-order chi connectivity index (χ0) is 26.1. The van der Waals surface area contributed by atoms with Gasteiger partial charge in [-0.25, -0.2) is 9.69 Å². The van der Waals surface area contributed by atoms with Gasteiger partial charge in [-0.3, -0.25) is 9.59 Å². The smallest absolute Gasteiger partial charge is 0.422 e. The van der Waals surface area contributed by atoms with Gasteiger partial charge in [0, 0.05) is 21.2 Å². The molecule has 0 atom stereocenters. The van der Waals surface area contributed by atoms with E-state index in [1.807, 2.05) is 0 Å². The number of benzene rings is 2. The Bertz CT molecular complexity index is 1210. The van der Waals surface area contributed by atoms with Gasteiger partial charge in [-0.15, -0.1) is 0 Å². The standard InChI is InChI=1S/C26H27Cl2NO6/c1-25(2,3)35-24(32)29-20-13-17(28)7-9-18(20)19(22(29)30)12-15-11-16(27)8-10-21(15)34-14-26(4,5)23(31)33-6/h7-13H,14H2,1-6H3. The second-order valence-corrected chi connectivity index (χ2v) is 10.6. The Morgan fingerprint density at radius 3 is 2.26 bits per heavy atom. The van der Waals surface area contributed by atoms with Crippen molar-refractivity contribution >= 4 is 58.5 Å². The Morgan fingerprint density at radius 1 is 1.00 bits per heavy atom. The normalized spacial score (nSPS) is 14.7. The summed E-state index contributed by atoms with van der Waals surface area (Å²) in [7, 11) is 1.31. The van der Waals surface area contributed by atoms with Gasteiger partial charge in [0.15, 0.2) is 0 Å². The summed E-state index contributed by atoms with van der Waals surface area (Å²) in [5.41, 5.74) is -0.150. The lowest BCUT2D eigenvalue weighted by Gasteiger charge is -2.23. The van der Waals surface area contributed by atoms with Gasteiger partial charge in [0.05, 0.1) is 23.8 Å². The van der Waals surface area contributed by atoms with Crippen LogP contribution in [-0.2, 0) is 19.1 Å². The van der Waals surface area contributed by atoms with Crippen LogP contribution in [0.1, 0.15) is 45.7 Å². The highest BCUT2D eigenvalue weighted by Gasteiger charge is 2.39. The van der Waals surface area contributed by atoms with E-state index in [9.17, 15) is 14.4 Å². The van der Waals surface area contributed by atoms with Crippen molar-refractivity contribution in [3.8, 4) is 5.75 Å². The van der Waals surface area contributed by atoms with E-state index in [1.165, 1.54) is 13.2 Å². The minimum Gasteiger partial charge on any atom is -0.492 e. The Morgan fingerprint density at radius 2 is 1.63 bits per heavy atom. The highest BCUT2D eigenvalue weighted by Crippen LogP contribution is 2.41. The number of carbonyl (C=O) groups is 3. The molecule has 0 aliphatic carbocycles. The van der Waals surface area contributed by atoms with Gasteiger partial charge < -0.3 is 14.2 Å². The Labute approximate surface area is 214 Å². The molecule has 7 nitrogen and oxygen atoms in total. The fourth-order valence-corrected chi connectivity index (χ4v) is 3.75. The largest absolute Gasteiger partial charge is 0.492 e. The lowest BCUT2D eigenvalue weighted by Crippen LogP contribution is -2.38. The molecule has 0 aromatic heterocycles. The van der Waals surface area contributed by atoms with Gasteiger partial charge in [-0.2, -0.15) is 0 Å². The first-order chi connectivity index (χ1) is 16.2. The first-order valence-corrected chi connectivity index (χ1v) is 11.6. The van der Waals surface area contributed by atoms with E-state index in [-0.39, 0.29) is 12.2 Å². The third kappa shape index (κ3) is 5.97. The van der Waals surface area contributed by atoms with Crippen LogP contribution in [0, 0.1) is 5.41 Å². The van der Waals surface area contributed by atoms with Crippen LogP contribution in [-0.4, -0.2) is 37.3 Å². The second kappa shape index (κ2) is 9.91. The molecule has 2 aromatic carbocycles. The maximum absolute atomic E-state index is 13.4. The Balaban J connectivity index is 2.05. The highest BCUT2D eigenvalue weighted by molar-refractivity contribution is 6.42. The number of hydrogen-bond acceptors (Lipinski definition) is 6. The molecule has 2 amide bonds. The number of amides is 2. The van der Waals surface area contributed by atoms with Gasteiger partial charge >= 0.3 is 12.1 Å². The van der Waals surface area contributed by atoms with E-state index in [1.54, 1.807) is 71.0 Å². The van der Waals surface area contributed by atoms with E-state index in [0.717, 1.165) is 4.90 Å². The van der Waals surface area contributed by atoms with E-state index in [2.05, 4.69) is 0 Å². The van der Waals surface area contributed by atoms with Crippen LogP contribution in [0.5, 0.6) is 5.75 Å². The van der Waals surface area contributed by atoms with Gasteiger partial charge in [0.1, 0.15) is 18.0 Å². The quantitative estimate of drug-likeness (QED) is 0.336. The Hall–Kier alpha value is -3.03. The zero-order valence-electron chi connectivity index (χ0n) is 20.4. The molecular weight excluding hydrogens is 493 g/mol. The monoisotopic (exact) mass is 519 g/mol. The number of halogens is 2. The van der Waals surface area contributed by atoms with Crippen molar-refractivity contribution in [1.82, 2.24) is 0 Å². The molecule has 0 fully saturated rings. The molecular formula is C26H27Cl2NO6. The lowest BCUT2D eigenvalue weighted by molar-refractivity contribution is -0.152. The molecule has 0 bridgehead atoms. The van der Waals surface area contributed by atoms with Gasteiger partial charge in [0.25, 0.3) is 5.91 Å². The Kier molecular flexibility index (Phi) is 7.53. The fourth-order valence-electron chi connectivity index (χ4n) is 3.40. The topological polar surface area (TPSA) is 82.1 Å². The molecule has 35 heavy (non-hydrogen) atoms. The predicted molar refractivity (Wildman–Crippen MR) is 136 cm³/mol. The molecule has 0 N–H and O–H groups in total. The summed E-state index contributed by atoms with van der Waals surface area (Å²) in [6.45, 7) is 8.57. The van der Waals surface area contributed by atoms with Crippen molar-refractivity contribution in [2.45, 2.75) is 40.2 Å². The first kappa shape index (κ1) is 26.6. The summed E-state index contributed by atoms with van der Waals surface area (Å²) in [5, 5.41) is 0.783. The number of esters is 1. The number of anilines is 1. The van der Waals surface area contributed by atoms with Gasteiger partial charge in [0.2, 0.25) is 0 Å². The molecule has 2 aromatic rings.